The van der Waals surface area contributed by atoms with Gasteiger partial charge in [0.05, 0.1) is 12.6 Å². The Bertz CT molecular complexity index is 595. The number of guanidine groups is 1. The molecule has 1 unspecified atom stereocenters. The Balaban J connectivity index is 2.02. The van der Waals surface area contributed by atoms with Crippen molar-refractivity contribution in [3.8, 4) is 5.75 Å². The first-order chi connectivity index (χ1) is 11.3. The van der Waals surface area contributed by atoms with Crippen molar-refractivity contribution in [2.45, 2.75) is 25.3 Å². The fourth-order valence-electron chi connectivity index (χ4n) is 2.05. The zero-order valence-corrected chi connectivity index (χ0v) is 14.1. The molecule has 1 aliphatic rings. The smallest absolute Gasteiger partial charge is 0.406 e. The topological polar surface area (TPSA) is 81.2 Å². The zero-order chi connectivity index (χ0) is 17.6. The van der Waals surface area contributed by atoms with Crippen molar-refractivity contribution < 1.29 is 22.6 Å². The minimum Gasteiger partial charge on any atom is -0.406 e. The molecule has 1 atom stereocenters. The van der Waals surface area contributed by atoms with Crippen LogP contribution in [0.15, 0.2) is 34.3 Å². The zero-order valence-electron chi connectivity index (χ0n) is 12.5. The Hall–Kier alpha value is -1.81. The highest BCUT2D eigenvalue weighted by molar-refractivity contribution is 9.18. The molecular formula is C14H16BrF3N4O2. The molecule has 24 heavy (non-hydrogen) atoms. The van der Waals surface area contributed by atoms with E-state index in [1.165, 1.54) is 24.3 Å². The average molecular weight is 409 g/mol. The van der Waals surface area contributed by atoms with Gasteiger partial charge in [0.1, 0.15) is 5.75 Å². The third kappa shape index (κ3) is 6.75. The number of rotatable bonds is 4. The molecule has 132 valence electrons. The number of benzene rings is 1. The molecule has 10 heteroatoms. The van der Waals surface area contributed by atoms with Gasteiger partial charge < -0.3 is 20.5 Å². The molecule has 0 aromatic heterocycles. The average Bonchev–Trinajstić information content (AvgIpc) is 2.98. The van der Waals surface area contributed by atoms with Gasteiger partial charge in [-0.25, -0.2) is 4.99 Å². The molecule has 0 aliphatic carbocycles. The number of aliphatic imine (C=N–C) groups is 2. The van der Waals surface area contributed by atoms with Gasteiger partial charge in [0.25, 0.3) is 0 Å². The van der Waals surface area contributed by atoms with Gasteiger partial charge in [0.2, 0.25) is 5.96 Å². The molecule has 1 aromatic rings. The molecule has 1 saturated heterocycles. The number of anilines is 1. The molecule has 0 spiro atoms. The minimum atomic E-state index is -4.72. The van der Waals surface area contributed by atoms with E-state index in [-0.39, 0.29) is 22.6 Å². The van der Waals surface area contributed by atoms with Gasteiger partial charge in [-0.15, -0.1) is 13.2 Å². The summed E-state index contributed by atoms with van der Waals surface area (Å²) in [5.41, 5.74) is 5.99. The number of hydrogen-bond acceptors (Lipinski definition) is 3. The van der Waals surface area contributed by atoms with Crippen LogP contribution in [0.25, 0.3) is 0 Å². The number of hydrogen-bond donors (Lipinski definition) is 2. The third-order valence-electron chi connectivity index (χ3n) is 3.03. The molecule has 2 rings (SSSR count). The van der Waals surface area contributed by atoms with Crippen molar-refractivity contribution >= 4 is 32.3 Å². The summed E-state index contributed by atoms with van der Waals surface area (Å²) in [5, 5.41) is 2.88. The summed E-state index contributed by atoms with van der Waals surface area (Å²) in [6.45, 7) is 1.13. The summed E-state index contributed by atoms with van der Waals surface area (Å²) in [4.78, 5) is 8.29. The second-order valence-electron chi connectivity index (χ2n) is 4.93. The highest BCUT2D eigenvalue weighted by Crippen LogP contribution is 2.24. The largest absolute Gasteiger partial charge is 0.573 e. The summed E-state index contributed by atoms with van der Waals surface area (Å²) in [5.74, 6) is -0.0845. The summed E-state index contributed by atoms with van der Waals surface area (Å²) in [6, 6.07) is 5.22. The van der Waals surface area contributed by atoms with Crippen molar-refractivity contribution in [2.24, 2.45) is 15.7 Å². The summed E-state index contributed by atoms with van der Waals surface area (Å²) in [6.07, 6.45) is -2.77. The molecule has 0 radical (unpaired) electrons. The molecular weight excluding hydrogens is 393 g/mol. The first-order valence-corrected chi connectivity index (χ1v) is 7.90. The van der Waals surface area contributed by atoms with Crippen LogP contribution in [-0.4, -0.2) is 36.3 Å². The van der Waals surface area contributed by atoms with E-state index in [2.05, 4.69) is 36.0 Å². The lowest BCUT2D eigenvalue weighted by molar-refractivity contribution is -0.274. The monoisotopic (exact) mass is 408 g/mol. The van der Waals surface area contributed by atoms with Crippen molar-refractivity contribution in [2.75, 3.05) is 18.5 Å². The van der Waals surface area contributed by atoms with E-state index in [9.17, 15) is 13.2 Å². The van der Waals surface area contributed by atoms with E-state index in [1.807, 2.05) is 0 Å². The van der Waals surface area contributed by atoms with Crippen LogP contribution in [0.2, 0.25) is 0 Å². The van der Waals surface area contributed by atoms with Crippen LogP contribution in [0.1, 0.15) is 12.8 Å². The van der Waals surface area contributed by atoms with Crippen molar-refractivity contribution in [1.29, 1.82) is 0 Å². The standard InChI is InChI=1S/C14H16BrF3N4O2/c15-12(19)22-13(20-8-11-2-1-7-23-11)21-9-3-5-10(6-4-9)24-14(16,17)18/h3-6,11H,1-2,7-8H2,(H3,19,20,21,22). The lowest BCUT2D eigenvalue weighted by Gasteiger charge is -2.11. The fourth-order valence-corrected chi connectivity index (χ4v) is 2.22. The lowest BCUT2D eigenvalue weighted by atomic mass is 10.2. The van der Waals surface area contributed by atoms with Gasteiger partial charge in [-0.05, 0) is 53.0 Å². The van der Waals surface area contributed by atoms with Crippen LogP contribution in [0.3, 0.4) is 0 Å². The molecule has 3 N–H and O–H groups in total. The Labute approximate surface area is 145 Å². The maximum absolute atomic E-state index is 12.1. The molecule has 1 heterocycles. The number of halogens is 4. The van der Waals surface area contributed by atoms with Gasteiger partial charge in [-0.1, -0.05) is 0 Å². The quantitative estimate of drug-likeness (QED) is 0.455. The molecule has 0 saturated carbocycles. The van der Waals surface area contributed by atoms with E-state index < -0.39 is 6.36 Å². The third-order valence-corrected chi connectivity index (χ3v) is 3.20. The van der Waals surface area contributed by atoms with Crippen LogP contribution in [0.4, 0.5) is 18.9 Å². The van der Waals surface area contributed by atoms with Crippen molar-refractivity contribution in [3.05, 3.63) is 24.3 Å². The second-order valence-corrected chi connectivity index (χ2v) is 5.74. The summed E-state index contributed by atoms with van der Waals surface area (Å²) in [7, 11) is 0. The number of alkyl halides is 3. The molecule has 1 aliphatic heterocycles. The van der Waals surface area contributed by atoms with E-state index in [4.69, 9.17) is 10.5 Å². The Morgan fingerprint density at radius 2 is 2.08 bits per heavy atom. The van der Waals surface area contributed by atoms with E-state index >= 15 is 0 Å². The van der Waals surface area contributed by atoms with Crippen molar-refractivity contribution in [1.82, 2.24) is 0 Å². The number of nitrogens with zero attached hydrogens (tertiary/aromatic N) is 2. The predicted octanol–water partition coefficient (Wildman–Crippen LogP) is 3.24. The van der Waals surface area contributed by atoms with Crippen LogP contribution in [0.5, 0.6) is 5.75 Å². The maximum Gasteiger partial charge on any atom is 0.573 e. The molecule has 1 aromatic carbocycles. The number of nitrogens with one attached hydrogen (secondary N) is 1. The highest BCUT2D eigenvalue weighted by atomic mass is 79.9. The first-order valence-electron chi connectivity index (χ1n) is 7.10. The molecule has 0 amide bonds. The van der Waals surface area contributed by atoms with Crippen LogP contribution in [-0.2, 0) is 4.74 Å². The van der Waals surface area contributed by atoms with Gasteiger partial charge in [0, 0.05) is 12.3 Å². The highest BCUT2D eigenvalue weighted by Gasteiger charge is 2.30. The summed E-state index contributed by atoms with van der Waals surface area (Å²) >= 11 is 3.02. The van der Waals surface area contributed by atoms with E-state index in [1.54, 1.807) is 0 Å². The van der Waals surface area contributed by atoms with Gasteiger partial charge in [-0.3, -0.25) is 0 Å². The minimum absolute atomic E-state index is 0.0381. The maximum atomic E-state index is 12.1. The molecule has 1 fully saturated rings. The van der Waals surface area contributed by atoms with Crippen LogP contribution in [0, 0.1) is 0 Å². The number of amidine groups is 1. The Morgan fingerprint density at radius 3 is 2.62 bits per heavy atom. The van der Waals surface area contributed by atoms with Crippen molar-refractivity contribution in [3.63, 3.8) is 0 Å². The van der Waals surface area contributed by atoms with E-state index in [0.29, 0.717) is 18.8 Å². The normalized spacial score (nSPS) is 19.4. The Morgan fingerprint density at radius 1 is 1.38 bits per heavy atom. The molecule has 6 nitrogen and oxygen atoms in total. The lowest BCUT2D eigenvalue weighted by Crippen LogP contribution is -2.18. The van der Waals surface area contributed by atoms with E-state index in [0.717, 1.165) is 12.8 Å². The second kappa shape index (κ2) is 8.34. The summed E-state index contributed by atoms with van der Waals surface area (Å²) < 4.78 is 45.8. The van der Waals surface area contributed by atoms with Gasteiger partial charge in [-0.2, -0.15) is 4.99 Å². The number of ether oxygens (including phenoxy) is 2. The number of nitrogens with two attached hydrogens (primary N) is 1. The van der Waals surface area contributed by atoms with Gasteiger partial charge >= 0.3 is 6.36 Å². The first kappa shape index (κ1) is 18.5. The van der Waals surface area contributed by atoms with Crippen LogP contribution >= 0.6 is 15.9 Å². The predicted molar refractivity (Wildman–Crippen MR) is 88.6 cm³/mol. The van der Waals surface area contributed by atoms with Gasteiger partial charge in [0.15, 0.2) is 4.74 Å². The fraction of sp³-hybridized carbons (Fsp3) is 0.429. The SMILES string of the molecule is NC(Br)=NC(=NCC1CCCO1)Nc1ccc(OC(F)(F)F)cc1. The van der Waals surface area contributed by atoms with Crippen LogP contribution < -0.4 is 15.8 Å². The Kier molecular flexibility index (Phi) is 6.44. The molecule has 0 bridgehead atoms.